The van der Waals surface area contributed by atoms with E-state index in [2.05, 4.69) is 24.3 Å². The summed E-state index contributed by atoms with van der Waals surface area (Å²) >= 11 is 0. The first-order valence-electron chi connectivity index (χ1n) is 6.79. The van der Waals surface area contributed by atoms with E-state index < -0.39 is 0 Å². The molecule has 2 N–H and O–H groups in total. The first-order valence-corrected chi connectivity index (χ1v) is 6.79. The molecule has 5 heteroatoms. The smallest absolute Gasteiger partial charge is 0.160 e. The maximum atomic E-state index is 9.55. The molecule has 0 aliphatic carbocycles. The minimum atomic E-state index is 0.150. The van der Waals surface area contributed by atoms with E-state index in [-0.39, 0.29) is 5.75 Å². The van der Waals surface area contributed by atoms with E-state index in [4.69, 9.17) is 4.74 Å². The van der Waals surface area contributed by atoms with Crippen LogP contribution in [-0.4, -0.2) is 22.0 Å². The highest BCUT2D eigenvalue weighted by Crippen LogP contribution is 2.26. The summed E-state index contributed by atoms with van der Waals surface area (Å²) in [5.74, 6) is 1.48. The minimum absolute atomic E-state index is 0.150. The maximum Gasteiger partial charge on any atom is 0.160 e. The Morgan fingerprint density at radius 3 is 2.90 bits per heavy atom. The Hall–Kier alpha value is -2.17. The molecule has 20 heavy (non-hydrogen) atoms. The molecule has 1 atom stereocenters. The lowest BCUT2D eigenvalue weighted by atomic mass is 10.2. The van der Waals surface area contributed by atoms with Crippen molar-refractivity contribution >= 4 is 5.82 Å². The van der Waals surface area contributed by atoms with Gasteiger partial charge in [0.2, 0.25) is 0 Å². The molecule has 0 saturated carbocycles. The summed E-state index contributed by atoms with van der Waals surface area (Å²) in [5, 5.41) is 17.3. The number of hydrogen-bond acceptors (Lipinski definition) is 4. The number of benzene rings is 1. The van der Waals surface area contributed by atoms with Gasteiger partial charge in [0, 0.05) is 24.8 Å². The van der Waals surface area contributed by atoms with Crippen molar-refractivity contribution < 1.29 is 9.84 Å². The molecule has 0 spiro atoms. The van der Waals surface area contributed by atoms with Gasteiger partial charge in [0.15, 0.2) is 11.5 Å². The lowest BCUT2D eigenvalue weighted by molar-refractivity contribution is 0.373. The van der Waals surface area contributed by atoms with Crippen LogP contribution >= 0.6 is 0 Å². The molecule has 1 unspecified atom stereocenters. The second-order valence-corrected chi connectivity index (χ2v) is 4.80. The van der Waals surface area contributed by atoms with Crippen LogP contribution in [0.2, 0.25) is 0 Å². The predicted molar refractivity (Wildman–Crippen MR) is 79.2 cm³/mol. The maximum absolute atomic E-state index is 9.55. The first kappa shape index (κ1) is 14.2. The Balaban J connectivity index is 2.00. The van der Waals surface area contributed by atoms with Crippen LogP contribution in [0.15, 0.2) is 30.5 Å². The van der Waals surface area contributed by atoms with Gasteiger partial charge in [-0.25, -0.2) is 0 Å². The summed E-state index contributed by atoms with van der Waals surface area (Å²) < 4.78 is 7.05. The normalized spacial score (nSPS) is 12.2. The van der Waals surface area contributed by atoms with Gasteiger partial charge in [0.1, 0.15) is 5.82 Å². The van der Waals surface area contributed by atoms with Crippen LogP contribution in [0.1, 0.15) is 31.9 Å². The number of rotatable bonds is 6. The van der Waals surface area contributed by atoms with Crippen LogP contribution in [0, 0.1) is 0 Å². The standard InChI is InChI=1S/C15H21N3O2/c1-4-11(2)18-8-7-15(17-18)16-10-12-5-6-13(19)14(9-12)20-3/h5-9,11,19H,4,10H2,1-3H3,(H,16,17). The van der Waals surface area contributed by atoms with Crippen LogP contribution < -0.4 is 10.1 Å². The van der Waals surface area contributed by atoms with Crippen LogP contribution in [0.25, 0.3) is 0 Å². The summed E-state index contributed by atoms with van der Waals surface area (Å²) in [6.45, 7) is 4.91. The van der Waals surface area contributed by atoms with E-state index in [1.54, 1.807) is 13.2 Å². The Morgan fingerprint density at radius 1 is 1.40 bits per heavy atom. The van der Waals surface area contributed by atoms with Crippen molar-refractivity contribution in [1.82, 2.24) is 9.78 Å². The Morgan fingerprint density at radius 2 is 2.20 bits per heavy atom. The van der Waals surface area contributed by atoms with Gasteiger partial charge < -0.3 is 15.2 Å². The molecule has 0 amide bonds. The molecule has 0 bridgehead atoms. The van der Waals surface area contributed by atoms with Gasteiger partial charge >= 0.3 is 0 Å². The zero-order valence-electron chi connectivity index (χ0n) is 12.1. The number of anilines is 1. The van der Waals surface area contributed by atoms with E-state index in [9.17, 15) is 5.11 Å². The third-order valence-corrected chi connectivity index (χ3v) is 3.37. The summed E-state index contributed by atoms with van der Waals surface area (Å²) in [4.78, 5) is 0. The molecule has 1 aromatic carbocycles. The second kappa shape index (κ2) is 6.32. The van der Waals surface area contributed by atoms with E-state index >= 15 is 0 Å². The molecule has 0 aliphatic rings. The van der Waals surface area contributed by atoms with Crippen LogP contribution in [0.3, 0.4) is 0 Å². The lowest BCUT2D eigenvalue weighted by Crippen LogP contribution is -2.06. The number of aromatic nitrogens is 2. The summed E-state index contributed by atoms with van der Waals surface area (Å²) in [5.41, 5.74) is 1.03. The first-order chi connectivity index (χ1) is 9.63. The van der Waals surface area contributed by atoms with E-state index in [1.165, 1.54) is 0 Å². The highest BCUT2D eigenvalue weighted by molar-refractivity contribution is 5.43. The SMILES string of the molecule is CCC(C)n1ccc(NCc2ccc(O)c(OC)c2)n1. The van der Waals surface area contributed by atoms with Crippen molar-refractivity contribution in [2.45, 2.75) is 32.9 Å². The highest BCUT2D eigenvalue weighted by Gasteiger charge is 2.06. The molecular formula is C15H21N3O2. The van der Waals surface area contributed by atoms with Crippen molar-refractivity contribution in [3.63, 3.8) is 0 Å². The van der Waals surface area contributed by atoms with Gasteiger partial charge in [0.25, 0.3) is 0 Å². The zero-order chi connectivity index (χ0) is 14.5. The molecule has 5 nitrogen and oxygen atoms in total. The van der Waals surface area contributed by atoms with Crippen molar-refractivity contribution in [3.8, 4) is 11.5 Å². The number of ether oxygens (including phenoxy) is 1. The van der Waals surface area contributed by atoms with Crippen molar-refractivity contribution in [3.05, 3.63) is 36.0 Å². The number of aromatic hydroxyl groups is 1. The average molecular weight is 275 g/mol. The topological polar surface area (TPSA) is 59.3 Å². The number of nitrogens with zero attached hydrogens (tertiary/aromatic N) is 2. The monoisotopic (exact) mass is 275 g/mol. The van der Waals surface area contributed by atoms with Gasteiger partial charge in [-0.1, -0.05) is 13.0 Å². The van der Waals surface area contributed by atoms with E-state index in [1.807, 2.05) is 29.1 Å². The predicted octanol–water partition coefficient (Wildman–Crippen LogP) is 3.18. The molecular weight excluding hydrogens is 254 g/mol. The molecule has 1 aromatic heterocycles. The molecule has 2 rings (SSSR count). The van der Waals surface area contributed by atoms with Crippen LogP contribution in [0.5, 0.6) is 11.5 Å². The van der Waals surface area contributed by atoms with E-state index in [0.29, 0.717) is 18.3 Å². The zero-order valence-corrected chi connectivity index (χ0v) is 12.1. The molecule has 108 valence electrons. The van der Waals surface area contributed by atoms with Crippen LogP contribution in [0.4, 0.5) is 5.82 Å². The number of phenols is 1. The van der Waals surface area contributed by atoms with Crippen molar-refractivity contribution in [2.24, 2.45) is 0 Å². The Bertz CT molecular complexity index is 566. The third kappa shape index (κ3) is 3.23. The number of phenolic OH excluding ortho intramolecular Hbond substituents is 1. The lowest BCUT2D eigenvalue weighted by Gasteiger charge is -2.09. The molecule has 2 aromatic rings. The number of methoxy groups -OCH3 is 1. The Kier molecular flexibility index (Phi) is 4.50. The van der Waals surface area contributed by atoms with Gasteiger partial charge in [-0.15, -0.1) is 0 Å². The Labute approximate surface area is 119 Å². The van der Waals surface area contributed by atoms with Gasteiger partial charge in [0.05, 0.1) is 7.11 Å². The fourth-order valence-electron chi connectivity index (χ4n) is 1.89. The minimum Gasteiger partial charge on any atom is -0.504 e. The largest absolute Gasteiger partial charge is 0.504 e. The summed E-state index contributed by atoms with van der Waals surface area (Å²) in [6, 6.07) is 7.67. The fourth-order valence-corrected chi connectivity index (χ4v) is 1.89. The fraction of sp³-hybridized carbons (Fsp3) is 0.400. The molecule has 0 radical (unpaired) electrons. The second-order valence-electron chi connectivity index (χ2n) is 4.80. The average Bonchev–Trinajstić information content (AvgIpc) is 2.94. The van der Waals surface area contributed by atoms with Crippen molar-refractivity contribution in [2.75, 3.05) is 12.4 Å². The molecule has 0 fully saturated rings. The molecule has 1 heterocycles. The highest BCUT2D eigenvalue weighted by atomic mass is 16.5. The molecule has 0 aliphatic heterocycles. The summed E-state index contributed by atoms with van der Waals surface area (Å²) in [7, 11) is 1.54. The quantitative estimate of drug-likeness (QED) is 0.850. The van der Waals surface area contributed by atoms with Gasteiger partial charge in [-0.05, 0) is 31.0 Å². The number of hydrogen-bond donors (Lipinski definition) is 2. The number of nitrogens with one attached hydrogen (secondary N) is 1. The molecule has 0 saturated heterocycles. The van der Waals surface area contributed by atoms with Gasteiger partial charge in [-0.2, -0.15) is 5.10 Å². The van der Waals surface area contributed by atoms with Gasteiger partial charge in [-0.3, -0.25) is 4.68 Å². The summed E-state index contributed by atoms with van der Waals surface area (Å²) in [6.07, 6.45) is 3.03. The van der Waals surface area contributed by atoms with Crippen LogP contribution in [-0.2, 0) is 6.54 Å². The van der Waals surface area contributed by atoms with Crippen molar-refractivity contribution in [1.29, 1.82) is 0 Å². The third-order valence-electron chi connectivity index (χ3n) is 3.37. The van der Waals surface area contributed by atoms with E-state index in [0.717, 1.165) is 17.8 Å².